The molecule has 96 valence electrons. The molecule has 1 aromatic carbocycles. The van der Waals surface area contributed by atoms with Gasteiger partial charge in [-0.15, -0.1) is 0 Å². The van der Waals surface area contributed by atoms with Crippen molar-refractivity contribution in [3.05, 3.63) is 29.3 Å². The maximum Gasteiger partial charge on any atom is 0.223 e. The lowest BCUT2D eigenvalue weighted by Gasteiger charge is -2.04. The van der Waals surface area contributed by atoms with E-state index in [1.165, 1.54) is 0 Å². The normalized spacial score (nSPS) is 9.56. The average molecular weight is 266 g/mol. The summed E-state index contributed by atoms with van der Waals surface area (Å²) in [6.45, 7) is 4.26. The van der Waals surface area contributed by atoms with Crippen LogP contribution in [0.5, 0.6) is 5.75 Å². The fourth-order valence-electron chi connectivity index (χ4n) is 1.12. The Morgan fingerprint density at radius 1 is 1.39 bits per heavy atom. The second-order valence-corrected chi connectivity index (χ2v) is 4.35. The topological polar surface area (TPSA) is 38.3 Å². The van der Waals surface area contributed by atoms with E-state index in [0.717, 1.165) is 0 Å². The van der Waals surface area contributed by atoms with E-state index < -0.39 is 0 Å². The van der Waals surface area contributed by atoms with Crippen LogP contribution in [-0.2, 0) is 4.79 Å². The monoisotopic (exact) mass is 265 g/mol. The lowest BCUT2D eigenvalue weighted by atomic mass is 10.2. The van der Waals surface area contributed by atoms with Crippen LogP contribution in [-0.4, -0.2) is 19.1 Å². The smallest absolute Gasteiger partial charge is 0.223 e. The first-order chi connectivity index (χ1) is 8.61. The molecule has 0 fully saturated rings. The minimum absolute atomic E-state index is 0.00341. The largest absolute Gasteiger partial charge is 0.479 e. The number of carbonyl (C=O) groups is 1. The van der Waals surface area contributed by atoms with Crippen molar-refractivity contribution < 1.29 is 9.53 Å². The van der Waals surface area contributed by atoms with Crippen molar-refractivity contribution in [2.45, 2.75) is 13.8 Å². The van der Waals surface area contributed by atoms with Crippen molar-refractivity contribution in [2.24, 2.45) is 5.92 Å². The van der Waals surface area contributed by atoms with Gasteiger partial charge in [0.1, 0.15) is 12.4 Å². The highest BCUT2D eigenvalue weighted by Crippen LogP contribution is 2.22. The summed E-state index contributed by atoms with van der Waals surface area (Å²) in [6, 6.07) is 7.22. The molecular weight excluding hydrogens is 250 g/mol. The van der Waals surface area contributed by atoms with Crippen molar-refractivity contribution in [1.29, 1.82) is 0 Å². The number of benzene rings is 1. The van der Waals surface area contributed by atoms with Gasteiger partial charge < -0.3 is 10.1 Å². The van der Waals surface area contributed by atoms with Gasteiger partial charge in [0.25, 0.3) is 0 Å². The van der Waals surface area contributed by atoms with Gasteiger partial charge in [-0.05, 0) is 12.1 Å². The highest BCUT2D eigenvalue weighted by atomic mass is 35.5. The first-order valence-corrected chi connectivity index (χ1v) is 6.10. The molecule has 1 aromatic rings. The molecule has 0 aliphatic carbocycles. The molecule has 0 aliphatic heterocycles. The van der Waals surface area contributed by atoms with Gasteiger partial charge in [0.2, 0.25) is 5.91 Å². The van der Waals surface area contributed by atoms with Gasteiger partial charge in [0.15, 0.2) is 0 Å². The summed E-state index contributed by atoms with van der Waals surface area (Å²) >= 11 is 5.91. The second kappa shape index (κ2) is 7.62. The van der Waals surface area contributed by atoms with Crippen LogP contribution in [0.3, 0.4) is 0 Å². The summed E-state index contributed by atoms with van der Waals surface area (Å²) in [4.78, 5) is 11.2. The summed E-state index contributed by atoms with van der Waals surface area (Å²) < 4.78 is 5.37. The third kappa shape index (κ3) is 5.11. The zero-order valence-electron chi connectivity index (χ0n) is 10.5. The predicted molar refractivity (Wildman–Crippen MR) is 72.6 cm³/mol. The van der Waals surface area contributed by atoms with Crippen molar-refractivity contribution in [1.82, 2.24) is 5.32 Å². The van der Waals surface area contributed by atoms with E-state index in [1.807, 2.05) is 26.0 Å². The average Bonchev–Trinajstić information content (AvgIpc) is 2.35. The standard InChI is InChI=1S/C14H16ClNO2/c1-11(2)14(17)16-9-5-6-10-18-13-8-4-3-7-12(13)15/h3-4,7-8,11H,9-10H2,1-2H3,(H,16,17). The highest BCUT2D eigenvalue weighted by molar-refractivity contribution is 6.32. The van der Waals surface area contributed by atoms with Crippen molar-refractivity contribution in [2.75, 3.05) is 13.2 Å². The molecule has 0 atom stereocenters. The summed E-state index contributed by atoms with van der Waals surface area (Å²) in [5.41, 5.74) is 0. The van der Waals surface area contributed by atoms with Crippen molar-refractivity contribution >= 4 is 17.5 Å². The number of ether oxygens (including phenoxy) is 1. The molecule has 1 N–H and O–H groups in total. The van der Waals surface area contributed by atoms with Crippen LogP contribution in [0.25, 0.3) is 0 Å². The number of halogens is 1. The maximum atomic E-state index is 11.2. The fraction of sp³-hybridized carbons (Fsp3) is 0.357. The number of hydrogen-bond acceptors (Lipinski definition) is 2. The van der Waals surface area contributed by atoms with E-state index in [1.54, 1.807) is 12.1 Å². The van der Waals surface area contributed by atoms with E-state index in [2.05, 4.69) is 17.2 Å². The second-order valence-electron chi connectivity index (χ2n) is 3.95. The molecule has 0 bridgehead atoms. The third-order valence-corrected chi connectivity index (χ3v) is 2.45. The molecule has 0 saturated carbocycles. The lowest BCUT2D eigenvalue weighted by molar-refractivity contribution is -0.123. The molecule has 1 rings (SSSR count). The Hall–Kier alpha value is -1.66. The van der Waals surface area contributed by atoms with Crippen LogP contribution in [0.2, 0.25) is 5.02 Å². The van der Waals surface area contributed by atoms with Gasteiger partial charge >= 0.3 is 0 Å². The molecule has 4 heteroatoms. The Morgan fingerprint density at radius 2 is 2.11 bits per heavy atom. The quantitative estimate of drug-likeness (QED) is 0.850. The predicted octanol–water partition coefficient (Wildman–Crippen LogP) is 2.49. The molecule has 1 amide bonds. The summed E-state index contributed by atoms with van der Waals surface area (Å²) in [7, 11) is 0. The van der Waals surface area contributed by atoms with E-state index in [0.29, 0.717) is 17.3 Å². The Labute approximate surface area is 112 Å². The van der Waals surface area contributed by atoms with Crippen LogP contribution in [0.15, 0.2) is 24.3 Å². The number of rotatable bonds is 4. The Kier molecular flexibility index (Phi) is 6.10. The maximum absolute atomic E-state index is 11.2. The molecule has 0 heterocycles. The molecule has 0 aromatic heterocycles. The Morgan fingerprint density at radius 3 is 2.78 bits per heavy atom. The van der Waals surface area contributed by atoms with E-state index in [4.69, 9.17) is 16.3 Å². The van der Waals surface area contributed by atoms with Crippen molar-refractivity contribution in [3.63, 3.8) is 0 Å². The molecule has 0 spiro atoms. The van der Waals surface area contributed by atoms with Gasteiger partial charge in [-0.2, -0.15) is 0 Å². The third-order valence-electron chi connectivity index (χ3n) is 2.14. The first kappa shape index (κ1) is 14.4. The van der Waals surface area contributed by atoms with Crippen LogP contribution < -0.4 is 10.1 Å². The Balaban J connectivity index is 2.27. The summed E-state index contributed by atoms with van der Waals surface area (Å²) in [5, 5.41) is 3.26. The molecule has 0 radical (unpaired) electrons. The number of nitrogens with one attached hydrogen (secondary N) is 1. The van der Waals surface area contributed by atoms with Crippen molar-refractivity contribution in [3.8, 4) is 17.6 Å². The number of hydrogen-bond donors (Lipinski definition) is 1. The number of carbonyl (C=O) groups excluding carboxylic acids is 1. The fourth-order valence-corrected chi connectivity index (χ4v) is 1.31. The van der Waals surface area contributed by atoms with Gasteiger partial charge in [-0.25, -0.2) is 0 Å². The number of amides is 1. The zero-order chi connectivity index (χ0) is 13.4. The van der Waals surface area contributed by atoms with Gasteiger partial charge in [-0.1, -0.05) is 49.4 Å². The van der Waals surface area contributed by atoms with Gasteiger partial charge in [0, 0.05) is 5.92 Å². The summed E-state index contributed by atoms with van der Waals surface area (Å²) in [5.74, 6) is 6.21. The molecular formula is C14H16ClNO2. The highest BCUT2D eigenvalue weighted by Gasteiger charge is 2.03. The van der Waals surface area contributed by atoms with Crippen LogP contribution in [0, 0.1) is 17.8 Å². The molecule has 3 nitrogen and oxygen atoms in total. The van der Waals surface area contributed by atoms with E-state index in [9.17, 15) is 4.79 Å². The summed E-state index contributed by atoms with van der Waals surface area (Å²) in [6.07, 6.45) is 0. The zero-order valence-corrected chi connectivity index (χ0v) is 11.3. The molecule has 0 aliphatic rings. The van der Waals surface area contributed by atoms with E-state index in [-0.39, 0.29) is 18.4 Å². The van der Waals surface area contributed by atoms with Crippen LogP contribution in [0.4, 0.5) is 0 Å². The van der Waals surface area contributed by atoms with Crippen LogP contribution >= 0.6 is 11.6 Å². The first-order valence-electron chi connectivity index (χ1n) is 5.72. The lowest BCUT2D eigenvalue weighted by Crippen LogP contribution is -2.27. The molecule has 0 saturated heterocycles. The van der Waals surface area contributed by atoms with Gasteiger partial charge in [0.05, 0.1) is 11.6 Å². The van der Waals surface area contributed by atoms with Gasteiger partial charge in [-0.3, -0.25) is 4.79 Å². The molecule has 18 heavy (non-hydrogen) atoms. The van der Waals surface area contributed by atoms with Crippen LogP contribution in [0.1, 0.15) is 13.8 Å². The van der Waals surface area contributed by atoms with E-state index >= 15 is 0 Å². The minimum atomic E-state index is -0.0221. The SMILES string of the molecule is CC(C)C(=O)NCC#CCOc1ccccc1Cl. The Bertz CT molecular complexity index is 460. The number of para-hydroxylation sites is 1. The molecule has 0 unspecified atom stereocenters. The minimum Gasteiger partial charge on any atom is -0.479 e.